The molecule has 0 radical (unpaired) electrons. The number of nitrogens with two attached hydrogens (primary N) is 1. The van der Waals surface area contributed by atoms with Crippen molar-refractivity contribution in [1.82, 2.24) is 19.7 Å². The molecular formula is C15H23N5O4. The van der Waals surface area contributed by atoms with Crippen LogP contribution in [-0.4, -0.2) is 48.7 Å². The molecule has 9 nitrogen and oxygen atoms in total. The van der Waals surface area contributed by atoms with E-state index in [-0.39, 0.29) is 6.61 Å². The lowest BCUT2D eigenvalue weighted by Crippen LogP contribution is -2.24. The highest BCUT2D eigenvalue weighted by Gasteiger charge is 2.35. The summed E-state index contributed by atoms with van der Waals surface area (Å²) in [5.41, 5.74) is 6.56. The van der Waals surface area contributed by atoms with Crippen LogP contribution < -0.4 is 5.73 Å². The number of nitrogen functional groups attached to an aromatic ring is 1. The predicted molar refractivity (Wildman–Crippen MR) is 84.8 cm³/mol. The normalized spacial score (nSPS) is 23.9. The maximum atomic E-state index is 9.84. The van der Waals surface area contributed by atoms with Crippen LogP contribution in [0.4, 0.5) is 5.82 Å². The third-order valence-electron chi connectivity index (χ3n) is 4.20. The zero-order valence-corrected chi connectivity index (χ0v) is 13.6. The Bertz CT molecular complexity index is 671. The molecule has 132 valence electrons. The maximum Gasteiger partial charge on any atom is 0.227 e. The molecule has 1 fully saturated rings. The fourth-order valence-corrected chi connectivity index (χ4v) is 2.80. The fraction of sp³-hybridized carbons (Fsp3) is 0.667. The molecular weight excluding hydrogens is 314 g/mol. The first kappa shape index (κ1) is 16.9. The molecule has 3 atom stereocenters. The van der Waals surface area contributed by atoms with Crippen LogP contribution in [0, 0.1) is 0 Å². The second kappa shape index (κ2) is 7.29. The molecule has 1 aliphatic rings. The number of aryl methyl sites for hydroxylation is 1. The third-order valence-corrected chi connectivity index (χ3v) is 4.20. The number of rotatable bonds is 7. The van der Waals surface area contributed by atoms with E-state index >= 15 is 0 Å². The fourth-order valence-electron chi connectivity index (χ4n) is 2.80. The van der Waals surface area contributed by atoms with E-state index in [1.165, 1.54) is 6.33 Å². The first-order valence-electron chi connectivity index (χ1n) is 8.23. The highest BCUT2D eigenvalue weighted by Crippen LogP contribution is 2.33. The van der Waals surface area contributed by atoms with E-state index in [9.17, 15) is 10.2 Å². The lowest BCUT2D eigenvalue weighted by molar-refractivity contribution is -0.0436. The van der Waals surface area contributed by atoms with Crippen molar-refractivity contribution in [3.63, 3.8) is 0 Å². The molecule has 3 rings (SSSR count). The zero-order chi connectivity index (χ0) is 17.1. The SMILES string of the molecule is CCCCCc1nc(-c2ncn([C@H]3C[C@H](O)[C@@H](CO)O3)c2N)no1. The van der Waals surface area contributed by atoms with Gasteiger partial charge in [-0.15, -0.1) is 0 Å². The Morgan fingerprint density at radius 3 is 2.96 bits per heavy atom. The summed E-state index contributed by atoms with van der Waals surface area (Å²) in [6.07, 6.45) is 4.00. The quantitative estimate of drug-likeness (QED) is 0.634. The number of hydrogen-bond donors (Lipinski definition) is 3. The van der Waals surface area contributed by atoms with Crippen molar-refractivity contribution in [2.75, 3.05) is 12.3 Å². The summed E-state index contributed by atoms with van der Waals surface area (Å²) < 4.78 is 12.4. The largest absolute Gasteiger partial charge is 0.394 e. The van der Waals surface area contributed by atoms with Crippen molar-refractivity contribution in [2.45, 2.75) is 57.5 Å². The number of nitrogens with zero attached hydrogens (tertiary/aromatic N) is 4. The van der Waals surface area contributed by atoms with Crippen LogP contribution >= 0.6 is 0 Å². The molecule has 0 amide bonds. The summed E-state index contributed by atoms with van der Waals surface area (Å²) in [5.74, 6) is 1.25. The Labute approximate surface area is 139 Å². The monoisotopic (exact) mass is 337 g/mol. The van der Waals surface area contributed by atoms with Crippen LogP contribution in [0.1, 0.15) is 44.7 Å². The summed E-state index contributed by atoms with van der Waals surface area (Å²) in [7, 11) is 0. The van der Waals surface area contributed by atoms with Gasteiger partial charge < -0.3 is 25.2 Å². The summed E-state index contributed by atoms with van der Waals surface area (Å²) in [6, 6.07) is 0. The number of ether oxygens (including phenoxy) is 1. The number of aromatic nitrogens is 4. The van der Waals surface area contributed by atoms with E-state index in [2.05, 4.69) is 22.0 Å². The van der Waals surface area contributed by atoms with Gasteiger partial charge in [0, 0.05) is 12.8 Å². The molecule has 1 aliphatic heterocycles. The first-order valence-corrected chi connectivity index (χ1v) is 8.23. The summed E-state index contributed by atoms with van der Waals surface area (Å²) in [6.45, 7) is 1.89. The van der Waals surface area contributed by atoms with Crippen LogP contribution in [0.25, 0.3) is 11.5 Å². The van der Waals surface area contributed by atoms with Gasteiger partial charge in [0.15, 0.2) is 5.69 Å². The van der Waals surface area contributed by atoms with Crippen LogP contribution in [0.3, 0.4) is 0 Å². The topological polar surface area (TPSA) is 132 Å². The molecule has 9 heteroatoms. The van der Waals surface area contributed by atoms with Crippen molar-refractivity contribution in [2.24, 2.45) is 0 Å². The Morgan fingerprint density at radius 1 is 1.42 bits per heavy atom. The Kier molecular flexibility index (Phi) is 5.12. The van der Waals surface area contributed by atoms with Crippen molar-refractivity contribution < 1.29 is 19.5 Å². The van der Waals surface area contributed by atoms with Gasteiger partial charge in [-0.1, -0.05) is 24.9 Å². The number of unbranched alkanes of at least 4 members (excludes halogenated alkanes) is 2. The standard InChI is InChI=1S/C15H23N5O4/c1-2-3-4-5-11-18-15(19-24-11)13-14(16)20(8-17-13)12-6-9(22)10(7-21)23-12/h8-10,12,21-22H,2-7,16H2,1H3/t9-,10+,12+/m0/s1. The van der Waals surface area contributed by atoms with Gasteiger partial charge in [0.2, 0.25) is 11.7 Å². The van der Waals surface area contributed by atoms with Crippen molar-refractivity contribution in [1.29, 1.82) is 0 Å². The molecule has 2 aromatic rings. The van der Waals surface area contributed by atoms with Crippen LogP contribution in [0.15, 0.2) is 10.9 Å². The Balaban J connectivity index is 1.73. The smallest absolute Gasteiger partial charge is 0.227 e. The second-order valence-corrected chi connectivity index (χ2v) is 5.97. The van der Waals surface area contributed by atoms with Gasteiger partial charge in [-0.2, -0.15) is 4.98 Å². The molecule has 0 aromatic carbocycles. The van der Waals surface area contributed by atoms with Gasteiger partial charge in [-0.25, -0.2) is 4.98 Å². The van der Waals surface area contributed by atoms with E-state index in [1.54, 1.807) is 4.57 Å². The maximum absolute atomic E-state index is 9.84. The van der Waals surface area contributed by atoms with E-state index in [4.69, 9.17) is 15.0 Å². The molecule has 0 unspecified atom stereocenters. The predicted octanol–water partition coefficient (Wildman–Crippen LogP) is 0.889. The lowest BCUT2D eigenvalue weighted by Gasteiger charge is -2.14. The summed E-state index contributed by atoms with van der Waals surface area (Å²) >= 11 is 0. The zero-order valence-electron chi connectivity index (χ0n) is 13.6. The van der Waals surface area contributed by atoms with Crippen molar-refractivity contribution in [3.8, 4) is 11.5 Å². The molecule has 24 heavy (non-hydrogen) atoms. The minimum Gasteiger partial charge on any atom is -0.394 e. The summed E-state index contributed by atoms with van der Waals surface area (Å²) in [5, 5.41) is 23.0. The molecule has 4 N–H and O–H groups in total. The number of anilines is 1. The molecule has 2 aromatic heterocycles. The van der Waals surface area contributed by atoms with Crippen LogP contribution in [-0.2, 0) is 11.2 Å². The highest BCUT2D eigenvalue weighted by atomic mass is 16.5. The third kappa shape index (κ3) is 3.28. The van der Waals surface area contributed by atoms with Crippen LogP contribution in [0.5, 0.6) is 0 Å². The average molecular weight is 337 g/mol. The average Bonchev–Trinajstić information content (AvgIpc) is 3.26. The summed E-state index contributed by atoms with van der Waals surface area (Å²) in [4.78, 5) is 8.58. The number of aliphatic hydroxyl groups is 2. The molecule has 0 spiro atoms. The number of hydrogen-bond acceptors (Lipinski definition) is 8. The van der Waals surface area contributed by atoms with E-state index in [0.29, 0.717) is 29.6 Å². The number of aliphatic hydroxyl groups excluding tert-OH is 2. The lowest BCUT2D eigenvalue weighted by atomic mass is 10.2. The van der Waals surface area contributed by atoms with Gasteiger partial charge in [-0.05, 0) is 6.42 Å². The van der Waals surface area contributed by atoms with Gasteiger partial charge >= 0.3 is 0 Å². The highest BCUT2D eigenvalue weighted by molar-refractivity contribution is 5.63. The van der Waals surface area contributed by atoms with Crippen molar-refractivity contribution >= 4 is 5.82 Å². The Hall–Kier alpha value is -1.97. The molecule has 0 aliphatic carbocycles. The van der Waals surface area contributed by atoms with E-state index in [1.807, 2.05) is 0 Å². The van der Waals surface area contributed by atoms with Gasteiger partial charge in [0.05, 0.1) is 19.0 Å². The minimum atomic E-state index is -0.736. The van der Waals surface area contributed by atoms with Crippen LogP contribution in [0.2, 0.25) is 0 Å². The van der Waals surface area contributed by atoms with E-state index in [0.717, 1.165) is 25.7 Å². The van der Waals surface area contributed by atoms with Crippen molar-refractivity contribution in [3.05, 3.63) is 12.2 Å². The molecule has 3 heterocycles. The molecule has 0 bridgehead atoms. The van der Waals surface area contributed by atoms with Gasteiger partial charge in [0.1, 0.15) is 18.1 Å². The van der Waals surface area contributed by atoms with Gasteiger partial charge in [-0.3, -0.25) is 4.57 Å². The molecule has 0 saturated carbocycles. The molecule has 1 saturated heterocycles. The Morgan fingerprint density at radius 2 is 2.25 bits per heavy atom. The van der Waals surface area contributed by atoms with E-state index < -0.39 is 18.4 Å². The second-order valence-electron chi connectivity index (χ2n) is 5.97. The minimum absolute atomic E-state index is 0.245. The van der Waals surface area contributed by atoms with Gasteiger partial charge in [0.25, 0.3) is 0 Å². The first-order chi connectivity index (χ1) is 11.6. The number of imidazole rings is 1.